The Bertz CT molecular complexity index is 2850. The van der Waals surface area contributed by atoms with Crippen LogP contribution in [0.5, 0.6) is 0 Å². The Kier molecular flexibility index (Phi) is 7.53. The van der Waals surface area contributed by atoms with Crippen LogP contribution in [0.2, 0.25) is 0 Å². The second-order valence-corrected chi connectivity index (χ2v) is 14.1. The summed E-state index contributed by atoms with van der Waals surface area (Å²) >= 11 is 1.80. The van der Waals surface area contributed by atoms with Gasteiger partial charge in [-0.15, -0.1) is 33.2 Å². The van der Waals surface area contributed by atoms with E-state index in [0.29, 0.717) is 32.7 Å². The fourth-order valence-electron chi connectivity index (χ4n) is 7.60. The molecule has 0 unspecified atom stereocenters. The minimum Gasteiger partial charge on any atom is -0.135 e. The van der Waals surface area contributed by atoms with Gasteiger partial charge in [-0.25, -0.2) is 0 Å². The summed E-state index contributed by atoms with van der Waals surface area (Å²) in [7, 11) is 53.4. The van der Waals surface area contributed by atoms with Crippen LogP contribution in [0.4, 0.5) is 0 Å². The summed E-state index contributed by atoms with van der Waals surface area (Å²) in [5.74, 6) is 0. The molecule has 0 saturated heterocycles. The topological polar surface area (TPSA) is 0 Å². The molecule has 0 atom stereocenters. The van der Waals surface area contributed by atoms with Crippen LogP contribution in [0.1, 0.15) is 0 Å². The van der Waals surface area contributed by atoms with Crippen molar-refractivity contribution in [1.82, 2.24) is 0 Å². The Balaban J connectivity index is 1.31. The van der Waals surface area contributed by atoms with Gasteiger partial charge in [-0.3, -0.25) is 0 Å². The number of thiophene rings is 1. The van der Waals surface area contributed by atoms with Crippen LogP contribution in [0.15, 0.2) is 109 Å². The average Bonchev–Trinajstić information content (AvgIpc) is 3.52. The molecule has 0 aliphatic carbocycles. The fourth-order valence-corrected chi connectivity index (χ4v) is 8.78. The third-order valence-electron chi connectivity index (χ3n) is 10.2. The van der Waals surface area contributed by atoms with E-state index in [4.69, 9.17) is 62.8 Å². The van der Waals surface area contributed by atoms with Crippen LogP contribution in [0.3, 0.4) is 0 Å². The monoisotopic (exact) mass is 642 g/mol. The third-order valence-corrected chi connectivity index (χ3v) is 11.3. The molecule has 0 nitrogen and oxygen atoms in total. The standard InChI is InChI=1S/C42H18B8S/c43-35-31-29(20-6-2-1-3-7-20)32-34(38(46)42(50)40(48)36(32)44)30(33(31)37(45)41(49)39(35)47)21-12-10-19(11-13-21)24-14-15-25-26-16-22-8-4-5-9-23(22)17-28(26)51-27(25)18-24/h1-18H. The first kappa shape index (κ1) is 32.2. The Labute approximate surface area is 311 Å². The van der Waals surface area contributed by atoms with Crippen molar-refractivity contribution >= 4 is 170 Å². The van der Waals surface area contributed by atoms with Gasteiger partial charge in [0.15, 0.2) is 0 Å². The first-order valence-corrected chi connectivity index (χ1v) is 17.2. The van der Waals surface area contributed by atoms with E-state index in [-0.39, 0.29) is 43.7 Å². The molecule has 216 valence electrons. The summed E-state index contributed by atoms with van der Waals surface area (Å²) in [5, 5.41) is 7.41. The van der Waals surface area contributed by atoms with Gasteiger partial charge >= 0.3 is 0 Å². The molecule has 0 fully saturated rings. The van der Waals surface area contributed by atoms with Crippen molar-refractivity contribution < 1.29 is 0 Å². The van der Waals surface area contributed by atoms with E-state index in [9.17, 15) is 0 Å². The van der Waals surface area contributed by atoms with E-state index in [1.165, 1.54) is 30.9 Å². The Hall–Kier alpha value is -4.72. The Morgan fingerprint density at radius 3 is 1.25 bits per heavy atom. The average molecular weight is 641 g/mol. The summed E-state index contributed by atoms with van der Waals surface area (Å²) < 4.78 is 2.49. The van der Waals surface area contributed by atoms with Crippen molar-refractivity contribution in [3.05, 3.63) is 109 Å². The molecule has 0 saturated carbocycles. The Morgan fingerprint density at radius 1 is 0.314 bits per heavy atom. The van der Waals surface area contributed by atoms with Gasteiger partial charge in [0.25, 0.3) is 0 Å². The second kappa shape index (κ2) is 11.9. The molecule has 0 N–H and O–H groups in total. The van der Waals surface area contributed by atoms with Gasteiger partial charge in [0.1, 0.15) is 62.8 Å². The van der Waals surface area contributed by atoms with Crippen molar-refractivity contribution in [3.8, 4) is 33.4 Å². The predicted octanol–water partition coefficient (Wildman–Crippen LogP) is 2.87. The highest BCUT2D eigenvalue weighted by atomic mass is 32.1. The van der Waals surface area contributed by atoms with Gasteiger partial charge in [-0.05, 0) is 83.9 Å². The zero-order valence-electron chi connectivity index (χ0n) is 27.4. The molecule has 0 spiro atoms. The van der Waals surface area contributed by atoms with Gasteiger partial charge in [-0.2, -0.15) is 0 Å². The lowest BCUT2D eigenvalue weighted by Gasteiger charge is -2.28. The molecule has 9 rings (SSSR count). The number of benzene rings is 8. The van der Waals surface area contributed by atoms with Crippen LogP contribution in [-0.2, 0) is 0 Å². The smallest absolute Gasteiger partial charge is 0.113 e. The van der Waals surface area contributed by atoms with Gasteiger partial charge in [0.2, 0.25) is 0 Å². The molecule has 8 aromatic carbocycles. The fraction of sp³-hybridized carbons (Fsp3) is 0. The van der Waals surface area contributed by atoms with Crippen molar-refractivity contribution in [2.75, 3.05) is 0 Å². The maximum Gasteiger partial charge on any atom is 0.113 e. The number of fused-ring (bicyclic) bond motifs is 6. The molecule has 0 aliphatic heterocycles. The van der Waals surface area contributed by atoms with E-state index in [2.05, 4.69) is 66.7 Å². The number of rotatable bonds is 3. The molecule has 1 aromatic heterocycles. The van der Waals surface area contributed by atoms with Crippen molar-refractivity contribution in [1.29, 1.82) is 0 Å². The predicted molar refractivity (Wildman–Crippen MR) is 231 cm³/mol. The van der Waals surface area contributed by atoms with Crippen molar-refractivity contribution in [2.24, 2.45) is 0 Å². The van der Waals surface area contributed by atoms with Crippen molar-refractivity contribution in [2.45, 2.75) is 0 Å². The van der Waals surface area contributed by atoms with E-state index in [0.717, 1.165) is 22.3 Å². The number of hydrogen-bond donors (Lipinski definition) is 0. The molecule has 51 heavy (non-hydrogen) atoms. The van der Waals surface area contributed by atoms with Crippen molar-refractivity contribution in [3.63, 3.8) is 0 Å². The van der Waals surface area contributed by atoms with Crippen LogP contribution in [0.25, 0.3) is 85.9 Å². The minimum absolute atomic E-state index is 0.190. The first-order chi connectivity index (χ1) is 24.6. The van der Waals surface area contributed by atoms with Gasteiger partial charge in [0, 0.05) is 20.2 Å². The maximum absolute atomic E-state index is 6.87. The Morgan fingerprint density at radius 2 is 0.725 bits per heavy atom. The SMILES string of the molecule is [B]c1c([B])c([B])c2c(-c3ccc(-c4ccc5c(c4)sc4cc6ccccc6cc45)cc3)c3c([B])c([B])c([B])c([B])c3c(-c3ccccc3)c2c1[B]. The summed E-state index contributed by atoms with van der Waals surface area (Å²) in [6, 6.07) is 37.6. The molecular formula is C42H18B8S. The molecular weight excluding hydrogens is 623 g/mol. The molecule has 9 aromatic rings. The summed E-state index contributed by atoms with van der Waals surface area (Å²) in [6.45, 7) is 0. The van der Waals surface area contributed by atoms with Gasteiger partial charge in [-0.1, -0.05) is 113 Å². The van der Waals surface area contributed by atoms with E-state index in [1.807, 2.05) is 42.5 Å². The lowest BCUT2D eigenvalue weighted by molar-refractivity contribution is 1.65. The zero-order chi connectivity index (χ0) is 35.3. The van der Waals surface area contributed by atoms with Gasteiger partial charge < -0.3 is 0 Å². The van der Waals surface area contributed by atoms with E-state index in [1.54, 1.807) is 11.3 Å². The highest BCUT2D eigenvalue weighted by Crippen LogP contribution is 2.42. The van der Waals surface area contributed by atoms with Crippen LogP contribution in [-0.4, -0.2) is 62.8 Å². The lowest BCUT2D eigenvalue weighted by atomic mass is 9.59. The van der Waals surface area contributed by atoms with Crippen LogP contribution >= 0.6 is 11.3 Å². The summed E-state index contributed by atoms with van der Waals surface area (Å²) in [6.07, 6.45) is 0. The van der Waals surface area contributed by atoms with E-state index >= 15 is 0 Å². The molecule has 0 amide bonds. The largest absolute Gasteiger partial charge is 0.135 e. The zero-order valence-corrected chi connectivity index (χ0v) is 28.2. The normalized spacial score (nSPS) is 11.8. The number of hydrogen-bond acceptors (Lipinski definition) is 1. The quantitative estimate of drug-likeness (QED) is 0.206. The summed E-state index contributed by atoms with van der Waals surface area (Å²) in [4.78, 5) is 0. The molecule has 0 bridgehead atoms. The highest BCUT2D eigenvalue weighted by molar-refractivity contribution is 7.26. The van der Waals surface area contributed by atoms with Crippen LogP contribution < -0.4 is 43.7 Å². The molecule has 16 radical (unpaired) electrons. The van der Waals surface area contributed by atoms with Crippen LogP contribution in [0, 0.1) is 0 Å². The van der Waals surface area contributed by atoms with Gasteiger partial charge in [0.05, 0.1) is 0 Å². The molecule has 1 heterocycles. The lowest BCUT2D eigenvalue weighted by Crippen LogP contribution is -2.50. The highest BCUT2D eigenvalue weighted by Gasteiger charge is 2.24. The second-order valence-electron chi connectivity index (χ2n) is 13.0. The maximum atomic E-state index is 6.87. The third kappa shape index (κ3) is 4.77. The minimum atomic E-state index is 0.190. The first-order valence-electron chi connectivity index (χ1n) is 16.4. The summed E-state index contributed by atoms with van der Waals surface area (Å²) in [5.41, 5.74) is 7.06. The molecule has 0 aliphatic rings. The van der Waals surface area contributed by atoms with E-state index < -0.39 is 0 Å². The molecule has 9 heteroatoms.